The Balaban J connectivity index is 1.38. The Morgan fingerprint density at radius 1 is 1.32 bits per heavy atom. The van der Waals surface area contributed by atoms with E-state index in [2.05, 4.69) is 37.6 Å². The van der Waals surface area contributed by atoms with E-state index < -0.39 is 0 Å². The van der Waals surface area contributed by atoms with Gasteiger partial charge in [0.25, 0.3) is 5.91 Å². The zero-order valence-electron chi connectivity index (χ0n) is 14.6. The van der Waals surface area contributed by atoms with Gasteiger partial charge in [0.15, 0.2) is 5.82 Å². The van der Waals surface area contributed by atoms with E-state index in [0.29, 0.717) is 11.7 Å². The van der Waals surface area contributed by atoms with Crippen LogP contribution in [0.3, 0.4) is 0 Å². The predicted octanol–water partition coefficient (Wildman–Crippen LogP) is 1.28. The number of carbonyl (C=O) groups is 1. The van der Waals surface area contributed by atoms with Crippen molar-refractivity contribution in [1.82, 2.24) is 35.4 Å². The second-order valence-electron chi connectivity index (χ2n) is 7.01. The molecule has 0 bridgehead atoms. The molecule has 2 aromatic heterocycles. The number of hydrogen-bond acceptors (Lipinski definition) is 6. The number of nitrogens with one attached hydrogen (secondary N) is 1. The molecule has 1 saturated heterocycles. The van der Waals surface area contributed by atoms with Gasteiger partial charge in [-0.1, -0.05) is 6.07 Å². The molecule has 8 heteroatoms. The number of aryl methyl sites for hydroxylation is 1. The lowest BCUT2D eigenvalue weighted by Gasteiger charge is -2.23. The molecule has 2 atom stereocenters. The lowest BCUT2D eigenvalue weighted by Crippen LogP contribution is -2.38. The van der Waals surface area contributed by atoms with Gasteiger partial charge < -0.3 is 5.32 Å². The van der Waals surface area contributed by atoms with Crippen molar-refractivity contribution in [2.24, 2.45) is 0 Å². The largest absolute Gasteiger partial charge is 0.347 e. The molecule has 3 heterocycles. The molecule has 1 N–H and O–H groups in total. The summed E-state index contributed by atoms with van der Waals surface area (Å²) in [4.78, 5) is 19.0. The van der Waals surface area contributed by atoms with Crippen molar-refractivity contribution in [3.05, 3.63) is 35.4 Å². The lowest BCUT2D eigenvalue weighted by atomic mass is 10.2. The van der Waals surface area contributed by atoms with Crippen LogP contribution in [0.25, 0.3) is 0 Å². The SMILES string of the molecule is Cc1cccc(C(=O)NC2CCN(C(C)c3nnnn3C3CC3)C2)n1. The normalized spacial score (nSPS) is 22.1. The molecular formula is C17H23N7O. The second kappa shape index (κ2) is 6.51. The predicted molar refractivity (Wildman–Crippen MR) is 90.9 cm³/mol. The summed E-state index contributed by atoms with van der Waals surface area (Å²) in [5, 5.41) is 15.3. The smallest absolute Gasteiger partial charge is 0.270 e. The summed E-state index contributed by atoms with van der Waals surface area (Å²) in [5.74, 6) is 0.820. The van der Waals surface area contributed by atoms with E-state index in [0.717, 1.165) is 43.9 Å². The van der Waals surface area contributed by atoms with Crippen molar-refractivity contribution >= 4 is 5.91 Å². The monoisotopic (exact) mass is 341 g/mol. The van der Waals surface area contributed by atoms with Gasteiger partial charge in [0.05, 0.1) is 12.1 Å². The van der Waals surface area contributed by atoms with E-state index in [1.165, 1.54) is 0 Å². The number of tetrazole rings is 1. The summed E-state index contributed by atoms with van der Waals surface area (Å²) in [6.45, 7) is 5.75. The summed E-state index contributed by atoms with van der Waals surface area (Å²) in [7, 11) is 0. The van der Waals surface area contributed by atoms with Crippen molar-refractivity contribution in [3.8, 4) is 0 Å². The fourth-order valence-corrected chi connectivity index (χ4v) is 3.40. The van der Waals surface area contributed by atoms with Gasteiger partial charge in [-0.3, -0.25) is 9.69 Å². The van der Waals surface area contributed by atoms with Crippen molar-refractivity contribution in [2.45, 2.75) is 51.2 Å². The third kappa shape index (κ3) is 3.39. The highest BCUT2D eigenvalue weighted by Crippen LogP contribution is 2.36. The van der Waals surface area contributed by atoms with Gasteiger partial charge >= 0.3 is 0 Å². The van der Waals surface area contributed by atoms with E-state index in [1.807, 2.05) is 23.7 Å². The lowest BCUT2D eigenvalue weighted by molar-refractivity contribution is 0.0931. The highest BCUT2D eigenvalue weighted by atomic mass is 16.2. The maximum absolute atomic E-state index is 12.4. The Hall–Kier alpha value is -2.35. The van der Waals surface area contributed by atoms with Gasteiger partial charge in [0.2, 0.25) is 0 Å². The van der Waals surface area contributed by atoms with Crippen molar-refractivity contribution in [3.63, 3.8) is 0 Å². The van der Waals surface area contributed by atoms with Gasteiger partial charge in [0.1, 0.15) is 5.69 Å². The van der Waals surface area contributed by atoms with Crippen molar-refractivity contribution < 1.29 is 4.79 Å². The molecule has 8 nitrogen and oxygen atoms in total. The van der Waals surface area contributed by atoms with E-state index >= 15 is 0 Å². The average Bonchev–Trinajstić information content (AvgIpc) is 3.15. The van der Waals surface area contributed by atoms with Crippen LogP contribution in [0.4, 0.5) is 0 Å². The average molecular weight is 341 g/mol. The van der Waals surface area contributed by atoms with Gasteiger partial charge in [-0.25, -0.2) is 9.67 Å². The van der Waals surface area contributed by atoms with Gasteiger partial charge in [-0.05, 0) is 55.7 Å². The molecule has 1 aliphatic carbocycles. The molecule has 2 unspecified atom stereocenters. The van der Waals surface area contributed by atoms with Crippen LogP contribution in [0.5, 0.6) is 0 Å². The van der Waals surface area contributed by atoms with Crippen molar-refractivity contribution in [1.29, 1.82) is 0 Å². The first-order chi connectivity index (χ1) is 12.1. The van der Waals surface area contributed by atoms with Crippen LogP contribution in [0.1, 0.15) is 60.3 Å². The molecule has 132 valence electrons. The Morgan fingerprint density at radius 3 is 2.92 bits per heavy atom. The molecule has 1 saturated carbocycles. The third-order valence-corrected chi connectivity index (χ3v) is 5.01. The maximum Gasteiger partial charge on any atom is 0.270 e. The number of hydrogen-bond donors (Lipinski definition) is 1. The first-order valence-corrected chi connectivity index (χ1v) is 8.88. The van der Waals surface area contributed by atoms with E-state index in [1.54, 1.807) is 6.07 Å². The van der Waals surface area contributed by atoms with Crippen LogP contribution in [0.2, 0.25) is 0 Å². The molecule has 4 rings (SSSR count). The number of likely N-dealkylation sites (tertiary alicyclic amines) is 1. The molecule has 2 fully saturated rings. The quantitative estimate of drug-likeness (QED) is 0.881. The van der Waals surface area contributed by atoms with E-state index in [4.69, 9.17) is 0 Å². The molecule has 1 aliphatic heterocycles. The minimum absolute atomic E-state index is 0.106. The highest BCUT2D eigenvalue weighted by Gasteiger charge is 2.34. The first kappa shape index (κ1) is 16.1. The summed E-state index contributed by atoms with van der Waals surface area (Å²) < 4.78 is 1.97. The van der Waals surface area contributed by atoms with Gasteiger partial charge in [0, 0.05) is 24.8 Å². The summed E-state index contributed by atoms with van der Waals surface area (Å²) in [6.07, 6.45) is 3.24. The third-order valence-electron chi connectivity index (χ3n) is 5.01. The van der Waals surface area contributed by atoms with Crippen LogP contribution in [0, 0.1) is 6.92 Å². The Kier molecular flexibility index (Phi) is 4.20. The van der Waals surface area contributed by atoms with E-state index in [9.17, 15) is 4.79 Å². The van der Waals surface area contributed by atoms with Crippen molar-refractivity contribution in [2.75, 3.05) is 13.1 Å². The molecule has 0 radical (unpaired) electrons. The number of rotatable bonds is 5. The first-order valence-electron chi connectivity index (χ1n) is 8.88. The van der Waals surface area contributed by atoms with Crippen LogP contribution in [-0.4, -0.2) is 55.1 Å². The number of nitrogens with zero attached hydrogens (tertiary/aromatic N) is 6. The number of amides is 1. The molecule has 25 heavy (non-hydrogen) atoms. The Bertz CT molecular complexity index is 770. The highest BCUT2D eigenvalue weighted by molar-refractivity contribution is 5.92. The standard InChI is InChI=1S/C17H23N7O/c1-11-4-3-5-15(18-11)17(25)19-13-8-9-23(10-13)12(2)16-20-21-22-24(16)14-6-7-14/h3-5,12-14H,6-10H2,1-2H3,(H,19,25). The molecular weight excluding hydrogens is 318 g/mol. The molecule has 2 aromatic rings. The fraction of sp³-hybridized carbons (Fsp3) is 0.588. The molecule has 0 aromatic carbocycles. The van der Waals surface area contributed by atoms with Crippen LogP contribution < -0.4 is 5.32 Å². The summed E-state index contributed by atoms with van der Waals surface area (Å²) in [6, 6.07) is 6.24. The minimum Gasteiger partial charge on any atom is -0.347 e. The number of carbonyl (C=O) groups excluding carboxylic acids is 1. The topological polar surface area (TPSA) is 88.8 Å². The summed E-state index contributed by atoms with van der Waals surface area (Å²) >= 11 is 0. The summed E-state index contributed by atoms with van der Waals surface area (Å²) in [5.41, 5.74) is 1.32. The number of pyridine rings is 1. The Morgan fingerprint density at radius 2 is 2.16 bits per heavy atom. The molecule has 0 spiro atoms. The second-order valence-corrected chi connectivity index (χ2v) is 7.01. The van der Waals surface area contributed by atoms with E-state index in [-0.39, 0.29) is 18.0 Å². The Labute approximate surface area is 146 Å². The minimum atomic E-state index is -0.106. The van der Waals surface area contributed by atoms with Crippen LogP contribution in [-0.2, 0) is 0 Å². The molecule has 1 amide bonds. The van der Waals surface area contributed by atoms with Crippen LogP contribution >= 0.6 is 0 Å². The number of aromatic nitrogens is 5. The van der Waals surface area contributed by atoms with Crippen LogP contribution in [0.15, 0.2) is 18.2 Å². The zero-order chi connectivity index (χ0) is 17.4. The fourth-order valence-electron chi connectivity index (χ4n) is 3.40. The molecule has 2 aliphatic rings. The van der Waals surface area contributed by atoms with Gasteiger partial charge in [-0.15, -0.1) is 5.10 Å². The zero-order valence-corrected chi connectivity index (χ0v) is 14.6. The maximum atomic E-state index is 12.4. The van der Waals surface area contributed by atoms with Gasteiger partial charge in [-0.2, -0.15) is 0 Å².